The first-order valence-corrected chi connectivity index (χ1v) is 7.67. The Morgan fingerprint density at radius 2 is 1.81 bits per heavy atom. The van der Waals surface area contributed by atoms with Crippen LogP contribution in [0.1, 0.15) is 32.8 Å². The molecule has 1 N–H and O–H groups in total. The van der Waals surface area contributed by atoms with E-state index in [4.69, 9.17) is 0 Å². The molecule has 1 unspecified atom stereocenters. The van der Waals surface area contributed by atoms with Crippen LogP contribution < -0.4 is 5.32 Å². The van der Waals surface area contributed by atoms with Gasteiger partial charge in [0.1, 0.15) is 0 Å². The molecule has 0 amide bonds. The predicted octanol–water partition coefficient (Wildman–Crippen LogP) is 3.98. The Hall–Kier alpha value is -1.67. The Balaban J connectivity index is 2.22. The summed E-state index contributed by atoms with van der Waals surface area (Å²) in [5, 5.41) is 5.66. The number of Topliss-reactive ketones (excluding diaryl/α,β-unsaturated/α-hetero) is 1. The first kappa shape index (κ1) is 15.7. The van der Waals surface area contributed by atoms with E-state index in [0.29, 0.717) is 5.78 Å². The van der Waals surface area contributed by atoms with Gasteiger partial charge in [0.25, 0.3) is 0 Å². The molecule has 0 radical (unpaired) electrons. The summed E-state index contributed by atoms with van der Waals surface area (Å²) in [4.78, 5) is 12.6. The lowest BCUT2D eigenvalue weighted by atomic mass is 9.80. The van der Waals surface area contributed by atoms with Crippen LogP contribution in [-0.4, -0.2) is 18.9 Å². The van der Waals surface area contributed by atoms with Crippen molar-refractivity contribution in [3.05, 3.63) is 48.0 Å². The second-order valence-electron chi connectivity index (χ2n) is 6.33. The van der Waals surface area contributed by atoms with E-state index < -0.39 is 0 Å². The number of ketones is 1. The maximum atomic E-state index is 12.6. The summed E-state index contributed by atoms with van der Waals surface area (Å²) in [5.74, 6) is 0.292. The molecule has 1 atom stereocenters. The number of nitrogens with one attached hydrogen (secondary N) is 1. The quantitative estimate of drug-likeness (QED) is 0.869. The van der Waals surface area contributed by atoms with Crippen LogP contribution in [-0.2, 0) is 11.2 Å². The van der Waals surface area contributed by atoms with Crippen molar-refractivity contribution < 1.29 is 4.79 Å². The second kappa shape index (κ2) is 6.40. The van der Waals surface area contributed by atoms with Crippen LogP contribution >= 0.6 is 0 Å². The molecule has 2 aromatic rings. The number of hydrogen-bond acceptors (Lipinski definition) is 2. The first-order valence-electron chi connectivity index (χ1n) is 7.67. The molecule has 0 bridgehead atoms. The molecule has 0 heterocycles. The fourth-order valence-electron chi connectivity index (χ4n) is 2.57. The number of carbonyl (C=O) groups is 1. The Morgan fingerprint density at radius 3 is 2.43 bits per heavy atom. The number of carbonyl (C=O) groups excluding carboxylic acids is 1. The van der Waals surface area contributed by atoms with E-state index in [1.54, 1.807) is 0 Å². The lowest BCUT2D eigenvalue weighted by Gasteiger charge is -2.27. The summed E-state index contributed by atoms with van der Waals surface area (Å²) in [5.41, 5.74) is 0.929. The smallest absolute Gasteiger partial charge is 0.155 e. The first-order chi connectivity index (χ1) is 9.97. The van der Waals surface area contributed by atoms with E-state index >= 15 is 0 Å². The number of fused-ring (bicyclic) bond motifs is 1. The Bertz CT molecular complexity index is 630. The highest BCUT2D eigenvalue weighted by Crippen LogP contribution is 2.24. The van der Waals surface area contributed by atoms with Gasteiger partial charge in [0.15, 0.2) is 5.78 Å². The number of likely N-dealkylation sites (N-methyl/N-ethyl adjacent to an activating group) is 1. The normalized spacial score (nSPS) is 13.3. The van der Waals surface area contributed by atoms with Gasteiger partial charge in [0, 0.05) is 5.41 Å². The zero-order chi connectivity index (χ0) is 15.5. The molecule has 2 nitrogen and oxygen atoms in total. The van der Waals surface area contributed by atoms with Gasteiger partial charge in [0.2, 0.25) is 0 Å². The fourth-order valence-corrected chi connectivity index (χ4v) is 2.57. The largest absolute Gasteiger partial charge is 0.310 e. The van der Waals surface area contributed by atoms with E-state index in [0.717, 1.165) is 12.8 Å². The Labute approximate surface area is 127 Å². The van der Waals surface area contributed by atoms with Gasteiger partial charge in [-0.25, -0.2) is 0 Å². The third-order valence-electron chi connectivity index (χ3n) is 4.47. The average molecular weight is 283 g/mol. The Kier molecular flexibility index (Phi) is 4.79. The summed E-state index contributed by atoms with van der Waals surface area (Å²) in [6.45, 7) is 6.13. The number of hydrogen-bond donors (Lipinski definition) is 1. The van der Waals surface area contributed by atoms with Gasteiger partial charge in [-0.3, -0.25) is 4.79 Å². The van der Waals surface area contributed by atoms with Crippen LogP contribution in [0, 0.1) is 5.41 Å². The summed E-state index contributed by atoms with van der Waals surface area (Å²) < 4.78 is 0. The molecular weight excluding hydrogens is 258 g/mol. The predicted molar refractivity (Wildman–Crippen MR) is 89.6 cm³/mol. The third-order valence-corrected chi connectivity index (χ3v) is 4.47. The maximum absolute atomic E-state index is 12.6. The van der Waals surface area contributed by atoms with Crippen molar-refractivity contribution in [1.82, 2.24) is 5.32 Å². The van der Waals surface area contributed by atoms with Gasteiger partial charge in [-0.15, -0.1) is 0 Å². The molecule has 0 saturated heterocycles. The molecule has 0 aliphatic rings. The maximum Gasteiger partial charge on any atom is 0.155 e. The molecule has 0 aliphatic carbocycles. The third kappa shape index (κ3) is 3.51. The van der Waals surface area contributed by atoms with Crippen LogP contribution in [0.15, 0.2) is 42.5 Å². The van der Waals surface area contributed by atoms with Crippen molar-refractivity contribution in [2.75, 3.05) is 7.05 Å². The van der Waals surface area contributed by atoms with Crippen LogP contribution in [0.4, 0.5) is 0 Å². The molecule has 112 valence electrons. The number of rotatable bonds is 6. The molecule has 0 fully saturated rings. The highest BCUT2D eigenvalue weighted by Gasteiger charge is 2.31. The summed E-state index contributed by atoms with van der Waals surface area (Å²) >= 11 is 0. The molecule has 0 spiro atoms. The van der Waals surface area contributed by atoms with E-state index in [-0.39, 0.29) is 11.5 Å². The minimum Gasteiger partial charge on any atom is -0.310 e. The van der Waals surface area contributed by atoms with Crippen LogP contribution in [0.2, 0.25) is 0 Å². The lowest BCUT2D eigenvalue weighted by Crippen LogP contribution is -2.43. The lowest BCUT2D eigenvalue weighted by molar-refractivity contribution is -0.129. The van der Waals surface area contributed by atoms with Gasteiger partial charge in [-0.05, 0) is 36.2 Å². The molecule has 0 aliphatic heterocycles. The minimum absolute atomic E-state index is 0.124. The monoisotopic (exact) mass is 283 g/mol. The van der Waals surface area contributed by atoms with Crippen LogP contribution in [0.3, 0.4) is 0 Å². The van der Waals surface area contributed by atoms with Gasteiger partial charge in [0.05, 0.1) is 6.04 Å². The van der Waals surface area contributed by atoms with Gasteiger partial charge in [-0.1, -0.05) is 63.2 Å². The van der Waals surface area contributed by atoms with Crippen molar-refractivity contribution in [3.8, 4) is 0 Å². The fraction of sp³-hybridized carbons (Fsp3) is 0.421. The highest BCUT2D eigenvalue weighted by molar-refractivity contribution is 5.89. The summed E-state index contributed by atoms with van der Waals surface area (Å²) in [6, 6.07) is 14.6. The molecular formula is C19H25NO. The Morgan fingerprint density at radius 1 is 1.14 bits per heavy atom. The average Bonchev–Trinajstić information content (AvgIpc) is 2.51. The van der Waals surface area contributed by atoms with Gasteiger partial charge >= 0.3 is 0 Å². The van der Waals surface area contributed by atoms with E-state index in [1.807, 2.05) is 33.0 Å². The van der Waals surface area contributed by atoms with E-state index in [9.17, 15) is 4.79 Å². The van der Waals surface area contributed by atoms with Crippen LogP contribution in [0.25, 0.3) is 10.8 Å². The highest BCUT2D eigenvalue weighted by atomic mass is 16.1. The van der Waals surface area contributed by atoms with Crippen molar-refractivity contribution >= 4 is 16.6 Å². The molecule has 2 rings (SSSR count). The van der Waals surface area contributed by atoms with Crippen molar-refractivity contribution in [3.63, 3.8) is 0 Å². The SMILES string of the molecule is CCC(C)(C)C(=O)C(Cc1ccc2ccccc2c1)NC. The number of benzene rings is 2. The molecule has 0 saturated carbocycles. The molecule has 21 heavy (non-hydrogen) atoms. The van der Waals surface area contributed by atoms with Gasteiger partial charge < -0.3 is 5.32 Å². The molecule has 2 heteroatoms. The van der Waals surface area contributed by atoms with Crippen molar-refractivity contribution in [2.45, 2.75) is 39.7 Å². The topological polar surface area (TPSA) is 29.1 Å². The standard InChI is InChI=1S/C19H25NO/c1-5-19(2,3)18(21)17(20-4)13-14-10-11-15-8-6-7-9-16(15)12-14/h6-12,17,20H,5,13H2,1-4H3. The van der Waals surface area contributed by atoms with E-state index in [1.165, 1.54) is 16.3 Å². The van der Waals surface area contributed by atoms with Crippen molar-refractivity contribution in [2.24, 2.45) is 5.41 Å². The molecule has 0 aromatic heterocycles. The van der Waals surface area contributed by atoms with Crippen molar-refractivity contribution in [1.29, 1.82) is 0 Å². The minimum atomic E-state index is -0.273. The molecule has 2 aromatic carbocycles. The van der Waals surface area contributed by atoms with E-state index in [2.05, 4.69) is 42.6 Å². The van der Waals surface area contributed by atoms with Gasteiger partial charge in [-0.2, -0.15) is 0 Å². The van der Waals surface area contributed by atoms with Crippen LogP contribution in [0.5, 0.6) is 0 Å². The zero-order valence-electron chi connectivity index (χ0n) is 13.4. The zero-order valence-corrected chi connectivity index (χ0v) is 13.4. The summed E-state index contributed by atoms with van der Waals surface area (Å²) in [6.07, 6.45) is 1.60. The summed E-state index contributed by atoms with van der Waals surface area (Å²) in [7, 11) is 1.87. The second-order valence-corrected chi connectivity index (χ2v) is 6.33.